The van der Waals surface area contributed by atoms with Gasteiger partial charge in [-0.2, -0.15) is 0 Å². The zero-order valence-electron chi connectivity index (χ0n) is 17.4. The maximum atomic E-state index is 2.90. The summed E-state index contributed by atoms with van der Waals surface area (Å²) < 4.78 is 2.90. The number of hydrogen-bond acceptors (Lipinski definition) is 1. The summed E-state index contributed by atoms with van der Waals surface area (Å²) >= 11 is 0. The summed E-state index contributed by atoms with van der Waals surface area (Å²) in [7, 11) is -3.15. The fourth-order valence-corrected chi connectivity index (χ4v) is 21.3. The summed E-state index contributed by atoms with van der Waals surface area (Å²) in [5, 5.41) is 4.28. The predicted molar refractivity (Wildman–Crippen MR) is 132 cm³/mol. The molecule has 1 nitrogen and oxygen atoms in total. The minimum absolute atomic E-state index is 0.514. The Balaban J connectivity index is 1.73. The summed E-state index contributed by atoms with van der Waals surface area (Å²) in [6.45, 7) is 10.2. The lowest BCUT2D eigenvalue weighted by atomic mass is 10.3. The number of nitrogens with zero attached hydrogens (tertiary/aromatic N) is 1. The lowest BCUT2D eigenvalue weighted by molar-refractivity contribution is 1.35. The molecule has 0 N–H and O–H groups in total. The van der Waals surface area contributed by atoms with Crippen molar-refractivity contribution in [2.45, 2.75) is 38.3 Å². The van der Waals surface area contributed by atoms with Gasteiger partial charge in [-0.1, -0.05) is 99.0 Å². The van der Waals surface area contributed by atoms with E-state index < -0.39 is 24.4 Å². The van der Waals surface area contributed by atoms with E-state index in [0.29, 0.717) is 0 Å². The lowest BCUT2D eigenvalue weighted by Crippen LogP contribution is -2.55. The first-order valence-corrected chi connectivity index (χ1v) is 17.8. The summed E-state index contributed by atoms with van der Waals surface area (Å²) in [4.78, 5) is 0. The number of hydrogen-bond donors (Lipinski definition) is 0. The van der Waals surface area contributed by atoms with Gasteiger partial charge in [-0.25, -0.2) is 0 Å². The molecule has 3 aromatic carbocycles. The van der Waals surface area contributed by atoms with Crippen LogP contribution in [-0.2, 0) is 0 Å². The SMILES string of the molecule is C[Si]1(C)CC[Si](C)(C)N1c1ccc(P(c2ccccc2)c2ccccc2)cc1. The van der Waals surface area contributed by atoms with Crippen LogP contribution in [0.5, 0.6) is 0 Å². The maximum Gasteiger partial charge on any atom is 0.141 e. The molecule has 1 heterocycles. The largest absolute Gasteiger partial charge is 0.424 e. The Morgan fingerprint density at radius 2 is 0.964 bits per heavy atom. The van der Waals surface area contributed by atoms with Crippen LogP contribution in [0.1, 0.15) is 0 Å². The molecule has 144 valence electrons. The number of benzene rings is 3. The number of anilines is 1. The molecule has 0 spiro atoms. The molecule has 0 aromatic heterocycles. The second kappa shape index (κ2) is 7.63. The third kappa shape index (κ3) is 3.76. The quantitative estimate of drug-likeness (QED) is 0.389. The van der Waals surface area contributed by atoms with Crippen molar-refractivity contribution in [1.29, 1.82) is 0 Å². The number of rotatable bonds is 4. The normalized spacial score (nSPS) is 17.8. The van der Waals surface area contributed by atoms with Crippen molar-refractivity contribution in [1.82, 2.24) is 0 Å². The Bertz CT molecular complexity index is 868. The van der Waals surface area contributed by atoms with E-state index in [1.165, 1.54) is 33.7 Å². The predicted octanol–water partition coefficient (Wildman–Crippen LogP) is 5.68. The first-order valence-electron chi connectivity index (χ1n) is 10.2. The molecule has 4 rings (SSSR count). The summed E-state index contributed by atoms with van der Waals surface area (Å²) in [5.41, 5.74) is 1.46. The van der Waals surface area contributed by atoms with Crippen LogP contribution in [-0.4, -0.2) is 16.5 Å². The highest BCUT2D eigenvalue weighted by Gasteiger charge is 2.47. The molecular weight excluding hydrogens is 389 g/mol. The molecule has 0 unspecified atom stereocenters. The van der Waals surface area contributed by atoms with Gasteiger partial charge in [0.15, 0.2) is 0 Å². The lowest BCUT2D eigenvalue weighted by Gasteiger charge is -2.41. The topological polar surface area (TPSA) is 3.24 Å². The van der Waals surface area contributed by atoms with Crippen molar-refractivity contribution in [3.8, 4) is 0 Å². The van der Waals surface area contributed by atoms with Crippen LogP contribution in [0.2, 0.25) is 38.3 Å². The van der Waals surface area contributed by atoms with Gasteiger partial charge >= 0.3 is 0 Å². The van der Waals surface area contributed by atoms with E-state index in [4.69, 9.17) is 0 Å². The van der Waals surface area contributed by atoms with Crippen molar-refractivity contribution in [2.24, 2.45) is 0 Å². The van der Waals surface area contributed by atoms with Gasteiger partial charge in [0.05, 0.1) is 0 Å². The average molecular weight is 420 g/mol. The molecule has 0 atom stereocenters. The van der Waals surface area contributed by atoms with Crippen molar-refractivity contribution >= 4 is 46.0 Å². The van der Waals surface area contributed by atoms with Crippen LogP contribution in [0.4, 0.5) is 5.69 Å². The van der Waals surface area contributed by atoms with Gasteiger partial charge in [0.2, 0.25) is 0 Å². The van der Waals surface area contributed by atoms with Crippen LogP contribution < -0.4 is 20.1 Å². The fourth-order valence-electron chi connectivity index (χ4n) is 4.71. The zero-order chi connectivity index (χ0) is 19.8. The Morgan fingerprint density at radius 1 is 0.571 bits per heavy atom. The standard InChI is InChI=1S/C24H30NPSi2/c1-27(2)19-20-28(3,4)25(27)21-15-17-24(18-16-21)26(22-11-7-5-8-12-22)23-13-9-6-10-14-23/h5-18H,19-20H2,1-4H3. The molecule has 4 heteroatoms. The molecule has 1 saturated heterocycles. The van der Waals surface area contributed by atoms with Gasteiger partial charge in [-0.05, 0) is 48.1 Å². The van der Waals surface area contributed by atoms with Gasteiger partial charge in [0.25, 0.3) is 0 Å². The maximum absolute atomic E-state index is 2.90. The molecule has 1 aliphatic heterocycles. The molecule has 0 radical (unpaired) electrons. The molecule has 28 heavy (non-hydrogen) atoms. The molecule has 0 aliphatic carbocycles. The average Bonchev–Trinajstić information content (AvgIpc) is 2.92. The van der Waals surface area contributed by atoms with E-state index in [-0.39, 0.29) is 0 Å². The minimum Gasteiger partial charge on any atom is -0.424 e. The Hall–Kier alpha value is -1.68. The van der Waals surface area contributed by atoms with Crippen molar-refractivity contribution < 1.29 is 0 Å². The third-order valence-corrected chi connectivity index (χ3v) is 18.4. The van der Waals surface area contributed by atoms with Crippen molar-refractivity contribution in [3.05, 3.63) is 84.9 Å². The highest BCUT2D eigenvalue weighted by molar-refractivity contribution is 7.79. The van der Waals surface area contributed by atoms with Crippen LogP contribution in [0, 0.1) is 0 Å². The molecular formula is C24H30NPSi2. The molecule has 1 fully saturated rings. The van der Waals surface area contributed by atoms with Crippen LogP contribution in [0.25, 0.3) is 0 Å². The first kappa shape index (κ1) is 19.6. The molecule has 0 amide bonds. The molecule has 0 bridgehead atoms. The monoisotopic (exact) mass is 419 g/mol. The Morgan fingerprint density at radius 3 is 1.39 bits per heavy atom. The van der Waals surface area contributed by atoms with Crippen molar-refractivity contribution in [3.63, 3.8) is 0 Å². The highest BCUT2D eigenvalue weighted by atomic mass is 31.1. The first-order chi connectivity index (χ1) is 13.4. The summed E-state index contributed by atoms with van der Waals surface area (Å²) in [6, 6.07) is 34.5. The van der Waals surface area contributed by atoms with Gasteiger partial charge < -0.3 is 4.23 Å². The van der Waals surface area contributed by atoms with Crippen LogP contribution >= 0.6 is 7.92 Å². The molecule has 3 aromatic rings. The molecule has 1 aliphatic rings. The van der Waals surface area contributed by atoms with E-state index in [9.17, 15) is 0 Å². The Kier molecular flexibility index (Phi) is 5.35. The van der Waals surface area contributed by atoms with Gasteiger partial charge in [-0.3, -0.25) is 0 Å². The fraction of sp³-hybridized carbons (Fsp3) is 0.250. The zero-order valence-corrected chi connectivity index (χ0v) is 20.3. The van der Waals surface area contributed by atoms with E-state index in [0.717, 1.165) is 0 Å². The second-order valence-electron chi connectivity index (χ2n) is 8.98. The second-order valence-corrected chi connectivity index (χ2v) is 20.8. The van der Waals surface area contributed by atoms with Crippen molar-refractivity contribution in [2.75, 3.05) is 4.23 Å². The van der Waals surface area contributed by atoms with E-state index in [2.05, 4.69) is 115 Å². The van der Waals surface area contributed by atoms with E-state index in [1.807, 2.05) is 0 Å². The van der Waals surface area contributed by atoms with E-state index in [1.54, 1.807) is 0 Å². The summed E-state index contributed by atoms with van der Waals surface area (Å²) in [6.07, 6.45) is 0. The smallest absolute Gasteiger partial charge is 0.141 e. The highest BCUT2D eigenvalue weighted by Crippen LogP contribution is 2.41. The molecule has 0 saturated carbocycles. The Labute approximate surface area is 173 Å². The van der Waals surface area contributed by atoms with Gasteiger partial charge in [-0.15, -0.1) is 0 Å². The van der Waals surface area contributed by atoms with Crippen LogP contribution in [0.15, 0.2) is 84.9 Å². The van der Waals surface area contributed by atoms with Gasteiger partial charge in [0.1, 0.15) is 16.5 Å². The van der Waals surface area contributed by atoms with E-state index >= 15 is 0 Å². The summed E-state index contributed by atoms with van der Waals surface area (Å²) in [5.74, 6) is 0. The third-order valence-electron chi connectivity index (χ3n) is 5.95. The minimum atomic E-state index is -1.32. The van der Waals surface area contributed by atoms with Crippen LogP contribution in [0.3, 0.4) is 0 Å². The van der Waals surface area contributed by atoms with Gasteiger partial charge in [0, 0.05) is 5.69 Å².